The second kappa shape index (κ2) is 1.91. The largest absolute Gasteiger partial charge is 0.356 e. The predicted octanol–water partition coefficient (Wildman–Crippen LogP) is 0.466. The molecule has 0 spiro atoms. The van der Waals surface area contributed by atoms with Crippen molar-refractivity contribution < 1.29 is 14.3 Å². The maximum absolute atomic E-state index is 11.2. The van der Waals surface area contributed by atoms with Crippen LogP contribution in [0, 0.1) is 0 Å². The van der Waals surface area contributed by atoms with Crippen molar-refractivity contribution in [1.82, 2.24) is 0 Å². The summed E-state index contributed by atoms with van der Waals surface area (Å²) in [6.07, 6.45) is 1.24. The summed E-state index contributed by atoms with van der Waals surface area (Å²) >= 11 is 0. The minimum Gasteiger partial charge on any atom is -0.356 e. The minimum absolute atomic E-state index is 0.0371. The Bertz CT molecular complexity index is 233. The molecule has 3 nitrogen and oxygen atoms in total. The van der Waals surface area contributed by atoms with Crippen LogP contribution in [-0.4, -0.2) is 23.3 Å². The Morgan fingerprint density at radius 3 is 3.00 bits per heavy atom. The average Bonchev–Trinajstić information content (AvgIpc) is 2.28. The molecule has 0 aromatic carbocycles. The zero-order chi connectivity index (χ0) is 8.06. The zero-order valence-corrected chi connectivity index (χ0v) is 6.42. The van der Waals surface area contributed by atoms with E-state index in [0.29, 0.717) is 6.42 Å². The maximum atomic E-state index is 11.2. The number of hydrogen-bond acceptors (Lipinski definition) is 3. The number of hydrogen-bond donors (Lipinski definition) is 0. The first-order chi connectivity index (χ1) is 5.12. The van der Waals surface area contributed by atoms with Crippen LogP contribution in [0.4, 0.5) is 0 Å². The molecule has 3 heteroatoms. The number of fused-ring (bicyclic) bond motifs is 2. The molecule has 11 heavy (non-hydrogen) atoms. The van der Waals surface area contributed by atoms with E-state index in [1.807, 2.05) is 0 Å². The van der Waals surface area contributed by atoms with E-state index in [2.05, 4.69) is 0 Å². The molecule has 2 aliphatic heterocycles. The first kappa shape index (κ1) is 6.98. The first-order valence-electron chi connectivity index (χ1n) is 3.86. The smallest absolute Gasteiger partial charge is 0.171 e. The van der Waals surface area contributed by atoms with Gasteiger partial charge in [-0.3, -0.25) is 9.59 Å². The van der Waals surface area contributed by atoms with Gasteiger partial charge < -0.3 is 4.74 Å². The number of carbonyl (C=O) groups excluding carboxylic acids is 2. The van der Waals surface area contributed by atoms with E-state index in [1.165, 1.54) is 0 Å². The van der Waals surface area contributed by atoms with E-state index >= 15 is 0 Å². The van der Waals surface area contributed by atoms with Crippen LogP contribution >= 0.6 is 0 Å². The van der Waals surface area contributed by atoms with Crippen LogP contribution in [0.3, 0.4) is 0 Å². The summed E-state index contributed by atoms with van der Waals surface area (Å²) < 4.78 is 5.31. The van der Waals surface area contributed by atoms with Crippen molar-refractivity contribution in [3.63, 3.8) is 0 Å². The maximum Gasteiger partial charge on any atom is 0.171 e. The van der Waals surface area contributed by atoms with E-state index in [1.54, 1.807) is 6.92 Å². The van der Waals surface area contributed by atoms with Crippen molar-refractivity contribution in [1.29, 1.82) is 0 Å². The molecule has 0 saturated carbocycles. The molecule has 2 aliphatic rings. The van der Waals surface area contributed by atoms with E-state index in [4.69, 9.17) is 4.74 Å². The average molecular weight is 154 g/mol. The predicted molar refractivity (Wildman–Crippen MR) is 37.1 cm³/mol. The third kappa shape index (κ3) is 0.839. The highest BCUT2D eigenvalue weighted by Crippen LogP contribution is 2.36. The molecule has 0 radical (unpaired) electrons. The van der Waals surface area contributed by atoms with Crippen molar-refractivity contribution in [3.8, 4) is 0 Å². The highest BCUT2D eigenvalue weighted by atomic mass is 16.5. The van der Waals surface area contributed by atoms with Gasteiger partial charge in [-0.1, -0.05) is 0 Å². The summed E-state index contributed by atoms with van der Waals surface area (Å²) in [4.78, 5) is 22.3. The Balaban J connectivity index is 2.32. The van der Waals surface area contributed by atoms with Crippen molar-refractivity contribution in [3.05, 3.63) is 0 Å². The standard InChI is InChI=1S/C8H10O3/c1-8-3-2-6(11-8)5(9)4-7(8)10/h6H,2-4H2,1H3/t6-,8-/m1/s1. The third-order valence-corrected chi connectivity index (χ3v) is 2.57. The van der Waals surface area contributed by atoms with Gasteiger partial charge in [0, 0.05) is 0 Å². The molecule has 2 fully saturated rings. The summed E-state index contributed by atoms with van der Waals surface area (Å²) in [5.41, 5.74) is -0.626. The number of rotatable bonds is 0. The van der Waals surface area contributed by atoms with Crippen LogP contribution in [0.1, 0.15) is 26.2 Å². The lowest BCUT2D eigenvalue weighted by molar-refractivity contribution is -0.158. The van der Waals surface area contributed by atoms with Gasteiger partial charge in [-0.15, -0.1) is 0 Å². The molecule has 0 aromatic rings. The summed E-state index contributed by atoms with van der Waals surface area (Å²) in [7, 11) is 0. The normalized spacial score (nSPS) is 43.2. The van der Waals surface area contributed by atoms with E-state index in [-0.39, 0.29) is 24.1 Å². The van der Waals surface area contributed by atoms with Gasteiger partial charge in [0.2, 0.25) is 0 Å². The molecular weight excluding hydrogens is 144 g/mol. The highest BCUT2D eigenvalue weighted by Gasteiger charge is 2.49. The molecular formula is C8H10O3. The third-order valence-electron chi connectivity index (χ3n) is 2.57. The van der Waals surface area contributed by atoms with Gasteiger partial charge in [-0.2, -0.15) is 0 Å². The summed E-state index contributed by atoms with van der Waals surface area (Å²) in [6, 6.07) is 0. The van der Waals surface area contributed by atoms with Gasteiger partial charge in [-0.25, -0.2) is 0 Å². The lowest BCUT2D eigenvalue weighted by Crippen LogP contribution is -2.43. The van der Waals surface area contributed by atoms with Crippen LogP contribution in [0.25, 0.3) is 0 Å². The van der Waals surface area contributed by atoms with Gasteiger partial charge in [0.05, 0.1) is 6.42 Å². The molecule has 0 aliphatic carbocycles. The van der Waals surface area contributed by atoms with Crippen molar-refractivity contribution in [2.24, 2.45) is 0 Å². The summed E-state index contributed by atoms with van der Waals surface area (Å²) in [6.45, 7) is 1.78. The Hall–Kier alpha value is -0.700. The van der Waals surface area contributed by atoms with Gasteiger partial charge in [0.15, 0.2) is 11.6 Å². The van der Waals surface area contributed by atoms with Gasteiger partial charge in [-0.05, 0) is 19.8 Å². The second-order valence-corrected chi connectivity index (χ2v) is 3.44. The molecule has 2 bridgehead atoms. The SMILES string of the molecule is C[C@]12CC[C@@H](O1)C(=O)CC2=O. The molecule has 2 saturated heterocycles. The van der Waals surface area contributed by atoms with Gasteiger partial charge in [0.25, 0.3) is 0 Å². The van der Waals surface area contributed by atoms with Crippen LogP contribution in [0.15, 0.2) is 0 Å². The molecule has 0 unspecified atom stereocenters. The van der Waals surface area contributed by atoms with Gasteiger partial charge in [0.1, 0.15) is 11.7 Å². The van der Waals surface area contributed by atoms with Crippen LogP contribution in [-0.2, 0) is 14.3 Å². The fourth-order valence-electron chi connectivity index (χ4n) is 1.73. The van der Waals surface area contributed by atoms with Crippen LogP contribution in [0.5, 0.6) is 0 Å². The van der Waals surface area contributed by atoms with Crippen LogP contribution in [0.2, 0.25) is 0 Å². The number of ether oxygens (including phenoxy) is 1. The van der Waals surface area contributed by atoms with E-state index < -0.39 is 5.60 Å². The number of Topliss-reactive ketones (excluding diaryl/α,β-unsaturated/α-hetero) is 2. The first-order valence-corrected chi connectivity index (χ1v) is 3.86. The second-order valence-electron chi connectivity index (χ2n) is 3.44. The Morgan fingerprint density at radius 2 is 2.27 bits per heavy atom. The molecule has 2 rings (SSSR count). The quantitative estimate of drug-likeness (QED) is 0.476. The Morgan fingerprint density at radius 1 is 1.55 bits per heavy atom. The van der Waals surface area contributed by atoms with E-state index in [9.17, 15) is 9.59 Å². The van der Waals surface area contributed by atoms with Crippen molar-refractivity contribution in [2.75, 3.05) is 0 Å². The molecule has 60 valence electrons. The van der Waals surface area contributed by atoms with Crippen molar-refractivity contribution >= 4 is 11.6 Å². The van der Waals surface area contributed by atoms with Crippen LogP contribution < -0.4 is 0 Å². The molecule has 2 heterocycles. The lowest BCUT2D eigenvalue weighted by atomic mass is 9.95. The molecule has 2 atom stereocenters. The highest BCUT2D eigenvalue weighted by molar-refractivity contribution is 6.07. The Labute approximate surface area is 64.7 Å². The summed E-state index contributed by atoms with van der Waals surface area (Å²) in [5, 5.41) is 0. The van der Waals surface area contributed by atoms with E-state index in [0.717, 1.165) is 6.42 Å². The monoisotopic (exact) mass is 154 g/mol. The lowest BCUT2D eigenvalue weighted by Gasteiger charge is -2.26. The Kier molecular flexibility index (Phi) is 1.21. The molecule has 0 amide bonds. The van der Waals surface area contributed by atoms with Gasteiger partial charge >= 0.3 is 0 Å². The fraction of sp³-hybridized carbons (Fsp3) is 0.750. The molecule has 0 aromatic heterocycles. The topological polar surface area (TPSA) is 43.4 Å². The summed E-state index contributed by atoms with van der Waals surface area (Å²) in [5.74, 6) is -0.0822. The molecule has 0 N–H and O–H groups in total. The fourth-order valence-corrected chi connectivity index (χ4v) is 1.73. The minimum atomic E-state index is -0.626. The number of ketones is 2. The zero-order valence-electron chi connectivity index (χ0n) is 6.42. The van der Waals surface area contributed by atoms with Crippen molar-refractivity contribution in [2.45, 2.75) is 37.9 Å². The number of carbonyl (C=O) groups is 2.